The van der Waals surface area contributed by atoms with Gasteiger partial charge in [0.1, 0.15) is 24.4 Å². The van der Waals surface area contributed by atoms with E-state index in [2.05, 4.69) is 6.92 Å². The largest absolute Gasteiger partial charge is 0.493 e. The highest BCUT2D eigenvalue weighted by atomic mass is 16.6. The summed E-state index contributed by atoms with van der Waals surface area (Å²) in [4.78, 5) is 0. The Labute approximate surface area is 191 Å². The number of aliphatic hydroxyl groups is 3. The van der Waals surface area contributed by atoms with E-state index in [1.807, 2.05) is 6.08 Å². The van der Waals surface area contributed by atoms with Gasteiger partial charge in [0.2, 0.25) is 0 Å². The molecule has 5 nitrogen and oxygen atoms in total. The molecule has 0 radical (unpaired) electrons. The number of aliphatic hydroxyl groups excluding tert-OH is 3. The molecular formula is C26H50O5. The zero-order valence-electron chi connectivity index (χ0n) is 20.1. The SMILES string of the molecule is CCCCCCCCCCCCCCCCCC/C=C/O[C@H]1CO[C@H]([C@H](O)CO)[C@@H]1O. The fourth-order valence-corrected chi connectivity index (χ4v) is 4.21. The molecule has 0 aromatic carbocycles. The van der Waals surface area contributed by atoms with Crippen LogP contribution in [0.5, 0.6) is 0 Å². The summed E-state index contributed by atoms with van der Waals surface area (Å²) in [5, 5.41) is 28.6. The van der Waals surface area contributed by atoms with Gasteiger partial charge in [-0.3, -0.25) is 0 Å². The Hall–Kier alpha value is -0.620. The lowest BCUT2D eigenvalue weighted by Crippen LogP contribution is -2.40. The lowest BCUT2D eigenvalue weighted by Gasteiger charge is -2.20. The van der Waals surface area contributed by atoms with Gasteiger partial charge >= 0.3 is 0 Å². The van der Waals surface area contributed by atoms with Gasteiger partial charge in [-0.2, -0.15) is 0 Å². The third kappa shape index (κ3) is 14.2. The third-order valence-electron chi connectivity index (χ3n) is 6.31. The lowest BCUT2D eigenvalue weighted by molar-refractivity contribution is -0.0689. The Morgan fingerprint density at radius 1 is 0.839 bits per heavy atom. The van der Waals surface area contributed by atoms with Crippen LogP contribution in [0.25, 0.3) is 0 Å². The summed E-state index contributed by atoms with van der Waals surface area (Å²) >= 11 is 0. The van der Waals surface area contributed by atoms with Crippen molar-refractivity contribution in [3.05, 3.63) is 12.3 Å². The quantitative estimate of drug-likeness (QED) is 0.158. The molecule has 0 unspecified atom stereocenters. The fraction of sp³-hybridized carbons (Fsp3) is 0.923. The van der Waals surface area contributed by atoms with Crippen molar-refractivity contribution in [1.82, 2.24) is 0 Å². The van der Waals surface area contributed by atoms with Crippen LogP contribution in [0.4, 0.5) is 0 Å². The number of rotatable bonds is 21. The predicted octanol–water partition coefficient (Wildman–Crippen LogP) is 5.65. The van der Waals surface area contributed by atoms with E-state index in [1.54, 1.807) is 6.26 Å². The first-order valence-corrected chi connectivity index (χ1v) is 13.1. The molecule has 0 aromatic rings. The predicted molar refractivity (Wildman–Crippen MR) is 127 cm³/mol. The molecule has 184 valence electrons. The number of hydrogen-bond donors (Lipinski definition) is 3. The maximum absolute atomic E-state index is 10.0. The highest BCUT2D eigenvalue weighted by molar-refractivity contribution is 4.90. The molecule has 1 aliphatic heterocycles. The Morgan fingerprint density at radius 3 is 1.81 bits per heavy atom. The van der Waals surface area contributed by atoms with Crippen molar-refractivity contribution < 1.29 is 24.8 Å². The second kappa shape index (κ2) is 20.0. The van der Waals surface area contributed by atoms with Gasteiger partial charge in [-0.25, -0.2) is 0 Å². The standard InChI is InChI=1S/C26H50O5/c1-2-3-4-5-6-7-8-9-10-11-12-13-14-15-16-17-18-19-20-30-24-22-31-26(25(24)29)23(28)21-27/h19-20,23-29H,2-18,21-22H2,1H3/b20-19+/t23-,24+,25-,26-/m1/s1. The van der Waals surface area contributed by atoms with Crippen LogP contribution in [0.1, 0.15) is 116 Å². The van der Waals surface area contributed by atoms with Gasteiger partial charge in [0.25, 0.3) is 0 Å². The van der Waals surface area contributed by atoms with Crippen LogP contribution in [0.15, 0.2) is 12.3 Å². The first kappa shape index (κ1) is 28.4. The van der Waals surface area contributed by atoms with E-state index >= 15 is 0 Å². The average Bonchev–Trinajstić information content (AvgIpc) is 3.15. The number of hydrogen-bond acceptors (Lipinski definition) is 5. The molecule has 0 amide bonds. The van der Waals surface area contributed by atoms with Crippen molar-refractivity contribution in [2.24, 2.45) is 0 Å². The van der Waals surface area contributed by atoms with E-state index in [-0.39, 0.29) is 6.61 Å². The summed E-state index contributed by atoms with van der Waals surface area (Å²) in [7, 11) is 0. The molecule has 0 aliphatic carbocycles. The summed E-state index contributed by atoms with van der Waals surface area (Å²) < 4.78 is 10.8. The lowest BCUT2D eigenvalue weighted by atomic mass is 10.0. The molecule has 4 atom stereocenters. The minimum absolute atomic E-state index is 0.228. The molecule has 1 aliphatic rings. The van der Waals surface area contributed by atoms with E-state index in [1.165, 1.54) is 96.3 Å². The monoisotopic (exact) mass is 442 g/mol. The summed E-state index contributed by atoms with van der Waals surface area (Å²) in [5.74, 6) is 0. The van der Waals surface area contributed by atoms with Crippen molar-refractivity contribution in [2.75, 3.05) is 13.2 Å². The van der Waals surface area contributed by atoms with Crippen molar-refractivity contribution in [3.8, 4) is 0 Å². The number of ether oxygens (including phenoxy) is 2. The molecule has 0 spiro atoms. The van der Waals surface area contributed by atoms with E-state index in [0.29, 0.717) is 0 Å². The van der Waals surface area contributed by atoms with Gasteiger partial charge in [-0.1, -0.05) is 103 Å². The van der Waals surface area contributed by atoms with E-state index in [9.17, 15) is 10.2 Å². The number of unbranched alkanes of at least 4 members (excludes halogenated alkanes) is 16. The molecule has 0 bridgehead atoms. The van der Waals surface area contributed by atoms with Gasteiger partial charge in [0.15, 0.2) is 0 Å². The van der Waals surface area contributed by atoms with E-state index in [0.717, 1.165) is 12.8 Å². The fourth-order valence-electron chi connectivity index (χ4n) is 4.21. The molecule has 0 aromatic heterocycles. The molecule has 1 saturated heterocycles. The molecule has 3 N–H and O–H groups in total. The zero-order valence-corrected chi connectivity index (χ0v) is 20.1. The van der Waals surface area contributed by atoms with Crippen LogP contribution in [-0.4, -0.2) is 52.9 Å². The minimum Gasteiger partial charge on any atom is -0.493 e. The van der Waals surface area contributed by atoms with Gasteiger partial charge in [0, 0.05) is 0 Å². The van der Waals surface area contributed by atoms with Gasteiger partial charge in [-0.05, 0) is 18.9 Å². The highest BCUT2D eigenvalue weighted by Gasteiger charge is 2.40. The smallest absolute Gasteiger partial charge is 0.149 e. The topological polar surface area (TPSA) is 79.2 Å². The molecule has 1 heterocycles. The van der Waals surface area contributed by atoms with Crippen molar-refractivity contribution in [1.29, 1.82) is 0 Å². The van der Waals surface area contributed by atoms with E-state index < -0.39 is 31.0 Å². The Morgan fingerprint density at radius 2 is 1.32 bits per heavy atom. The minimum atomic E-state index is -1.07. The second-order valence-corrected chi connectivity index (χ2v) is 9.18. The average molecular weight is 443 g/mol. The van der Waals surface area contributed by atoms with Gasteiger partial charge in [-0.15, -0.1) is 0 Å². The summed E-state index contributed by atoms with van der Waals surface area (Å²) in [6.07, 6.45) is 23.4. The highest BCUT2D eigenvalue weighted by Crippen LogP contribution is 2.20. The van der Waals surface area contributed by atoms with E-state index in [4.69, 9.17) is 14.6 Å². The summed E-state index contributed by atoms with van der Waals surface area (Å²) in [6, 6.07) is 0. The van der Waals surface area contributed by atoms with Crippen LogP contribution in [0.2, 0.25) is 0 Å². The third-order valence-corrected chi connectivity index (χ3v) is 6.31. The van der Waals surface area contributed by atoms with Crippen molar-refractivity contribution >= 4 is 0 Å². The molecule has 5 heteroatoms. The van der Waals surface area contributed by atoms with Crippen LogP contribution >= 0.6 is 0 Å². The zero-order chi connectivity index (χ0) is 22.6. The van der Waals surface area contributed by atoms with Crippen LogP contribution < -0.4 is 0 Å². The number of allylic oxidation sites excluding steroid dienone is 1. The molecule has 0 saturated carbocycles. The van der Waals surface area contributed by atoms with Gasteiger partial charge in [0.05, 0.1) is 19.5 Å². The first-order valence-electron chi connectivity index (χ1n) is 13.1. The molecule has 1 fully saturated rings. The second-order valence-electron chi connectivity index (χ2n) is 9.18. The normalized spacial score (nSPS) is 22.4. The Bertz CT molecular complexity index is 415. The summed E-state index contributed by atoms with van der Waals surface area (Å²) in [6.45, 7) is 2.08. The maximum atomic E-state index is 10.0. The molecular weight excluding hydrogens is 392 g/mol. The van der Waals surface area contributed by atoms with Crippen LogP contribution in [0.3, 0.4) is 0 Å². The van der Waals surface area contributed by atoms with Gasteiger partial charge < -0.3 is 24.8 Å². The Balaban J connectivity index is 1.81. The van der Waals surface area contributed by atoms with Crippen LogP contribution in [-0.2, 0) is 9.47 Å². The molecule has 31 heavy (non-hydrogen) atoms. The van der Waals surface area contributed by atoms with Crippen LogP contribution in [0, 0.1) is 0 Å². The maximum Gasteiger partial charge on any atom is 0.149 e. The molecule has 1 rings (SSSR count). The van der Waals surface area contributed by atoms with Crippen molar-refractivity contribution in [2.45, 2.75) is 140 Å². The first-order chi connectivity index (χ1) is 15.2. The van der Waals surface area contributed by atoms with Crippen molar-refractivity contribution in [3.63, 3.8) is 0 Å². The Kier molecular flexibility index (Phi) is 18.3. The summed E-state index contributed by atoms with van der Waals surface area (Å²) in [5.41, 5.74) is 0.